The first kappa shape index (κ1) is 14.0. The molecule has 16 heavy (non-hydrogen) atoms. The molecule has 0 aromatic heterocycles. The second-order valence-electron chi connectivity index (χ2n) is 6.69. The number of hydrogen-bond donors (Lipinski definition) is 1. The van der Waals surface area contributed by atoms with Crippen LogP contribution >= 0.6 is 0 Å². The Balaban J connectivity index is 2.37. The quantitative estimate of drug-likeness (QED) is 0.779. The lowest BCUT2D eigenvalue weighted by molar-refractivity contribution is 0.178. The van der Waals surface area contributed by atoms with Crippen molar-refractivity contribution in [3.63, 3.8) is 0 Å². The Morgan fingerprint density at radius 2 is 2.00 bits per heavy atom. The van der Waals surface area contributed by atoms with E-state index >= 15 is 0 Å². The molecule has 2 nitrogen and oxygen atoms in total. The molecule has 1 rings (SSSR count). The van der Waals surface area contributed by atoms with Crippen molar-refractivity contribution in [3.05, 3.63) is 0 Å². The van der Waals surface area contributed by atoms with Gasteiger partial charge in [0.05, 0.1) is 6.61 Å². The van der Waals surface area contributed by atoms with Crippen molar-refractivity contribution in [1.82, 2.24) is 5.32 Å². The van der Waals surface area contributed by atoms with Crippen LogP contribution in [0.5, 0.6) is 0 Å². The molecule has 0 aromatic carbocycles. The highest BCUT2D eigenvalue weighted by Crippen LogP contribution is 2.25. The van der Waals surface area contributed by atoms with Crippen molar-refractivity contribution in [2.45, 2.75) is 53.5 Å². The van der Waals surface area contributed by atoms with E-state index in [0.717, 1.165) is 31.6 Å². The van der Waals surface area contributed by atoms with Gasteiger partial charge in [-0.25, -0.2) is 0 Å². The molecule has 1 aliphatic heterocycles. The second kappa shape index (κ2) is 6.02. The van der Waals surface area contributed by atoms with E-state index < -0.39 is 0 Å². The van der Waals surface area contributed by atoms with Gasteiger partial charge in [-0.15, -0.1) is 0 Å². The summed E-state index contributed by atoms with van der Waals surface area (Å²) in [5.41, 5.74) is 0.351. The van der Waals surface area contributed by atoms with Crippen LogP contribution in [0.4, 0.5) is 0 Å². The Labute approximate surface area is 101 Å². The monoisotopic (exact) mass is 227 g/mol. The van der Waals surface area contributed by atoms with Gasteiger partial charge < -0.3 is 10.1 Å². The van der Waals surface area contributed by atoms with E-state index in [0.29, 0.717) is 11.5 Å². The normalized spacial score (nSPS) is 24.0. The molecule has 0 spiro atoms. The molecular formula is C14H29NO. The highest BCUT2D eigenvalue weighted by Gasteiger charge is 2.26. The molecule has 2 unspecified atom stereocenters. The minimum atomic E-state index is 0.351. The molecule has 0 aliphatic carbocycles. The summed E-state index contributed by atoms with van der Waals surface area (Å²) in [5.74, 6) is 1.49. The van der Waals surface area contributed by atoms with Crippen molar-refractivity contribution in [3.8, 4) is 0 Å². The van der Waals surface area contributed by atoms with Gasteiger partial charge in [0.2, 0.25) is 0 Å². The summed E-state index contributed by atoms with van der Waals surface area (Å²) in [5, 5.41) is 3.75. The summed E-state index contributed by atoms with van der Waals surface area (Å²) in [6.07, 6.45) is 2.49. The van der Waals surface area contributed by atoms with Gasteiger partial charge in [-0.3, -0.25) is 0 Å². The molecule has 1 aliphatic rings. The molecule has 0 radical (unpaired) electrons. The van der Waals surface area contributed by atoms with E-state index in [-0.39, 0.29) is 0 Å². The predicted octanol–water partition coefficient (Wildman–Crippen LogP) is 3.07. The average molecular weight is 227 g/mol. The minimum absolute atomic E-state index is 0.351. The first-order chi connectivity index (χ1) is 7.39. The SMILES string of the molecule is CC(C)CC(NCC1CCOC1)C(C)(C)C. The molecule has 1 N–H and O–H groups in total. The van der Waals surface area contributed by atoms with Gasteiger partial charge in [-0.05, 0) is 30.1 Å². The van der Waals surface area contributed by atoms with Gasteiger partial charge in [0.1, 0.15) is 0 Å². The van der Waals surface area contributed by atoms with Crippen LogP contribution in [0.1, 0.15) is 47.5 Å². The Kier molecular flexibility index (Phi) is 5.26. The fraction of sp³-hybridized carbons (Fsp3) is 1.00. The van der Waals surface area contributed by atoms with E-state index in [1.807, 2.05) is 0 Å². The Bertz CT molecular complexity index is 189. The summed E-state index contributed by atoms with van der Waals surface area (Å²) in [7, 11) is 0. The number of ether oxygens (including phenoxy) is 1. The number of nitrogens with one attached hydrogen (secondary N) is 1. The summed E-state index contributed by atoms with van der Waals surface area (Å²) in [6.45, 7) is 14.6. The lowest BCUT2D eigenvalue weighted by atomic mass is 9.82. The third-order valence-corrected chi connectivity index (χ3v) is 3.43. The summed E-state index contributed by atoms with van der Waals surface area (Å²) in [4.78, 5) is 0. The zero-order valence-corrected chi connectivity index (χ0v) is 11.7. The zero-order chi connectivity index (χ0) is 12.2. The van der Waals surface area contributed by atoms with Gasteiger partial charge in [0.15, 0.2) is 0 Å². The van der Waals surface area contributed by atoms with Crippen LogP contribution in [-0.2, 0) is 4.74 Å². The van der Waals surface area contributed by atoms with Gasteiger partial charge in [-0.1, -0.05) is 34.6 Å². The molecule has 0 saturated carbocycles. The zero-order valence-electron chi connectivity index (χ0n) is 11.7. The summed E-state index contributed by atoms with van der Waals surface area (Å²) >= 11 is 0. The van der Waals surface area contributed by atoms with Crippen molar-refractivity contribution in [2.24, 2.45) is 17.3 Å². The molecule has 0 bridgehead atoms. The molecule has 96 valence electrons. The third kappa shape index (κ3) is 4.84. The molecular weight excluding hydrogens is 198 g/mol. The Hall–Kier alpha value is -0.0800. The Morgan fingerprint density at radius 3 is 2.44 bits per heavy atom. The van der Waals surface area contributed by atoms with Gasteiger partial charge in [-0.2, -0.15) is 0 Å². The maximum absolute atomic E-state index is 5.42. The maximum Gasteiger partial charge on any atom is 0.0507 e. The van der Waals surface area contributed by atoms with Crippen molar-refractivity contribution in [2.75, 3.05) is 19.8 Å². The first-order valence-electron chi connectivity index (χ1n) is 6.70. The van der Waals surface area contributed by atoms with Gasteiger partial charge >= 0.3 is 0 Å². The second-order valence-corrected chi connectivity index (χ2v) is 6.69. The largest absolute Gasteiger partial charge is 0.381 e. The number of rotatable bonds is 5. The van der Waals surface area contributed by atoms with Crippen molar-refractivity contribution >= 4 is 0 Å². The van der Waals surface area contributed by atoms with E-state index in [2.05, 4.69) is 39.9 Å². The predicted molar refractivity (Wildman–Crippen MR) is 69.6 cm³/mol. The molecule has 1 fully saturated rings. The topological polar surface area (TPSA) is 21.3 Å². The standard InChI is InChI=1S/C14H29NO/c1-11(2)8-13(14(3,4)5)15-9-12-6-7-16-10-12/h11-13,15H,6-10H2,1-5H3. The lowest BCUT2D eigenvalue weighted by Gasteiger charge is -2.33. The van der Waals surface area contributed by atoms with Gasteiger partial charge in [0, 0.05) is 19.2 Å². The van der Waals surface area contributed by atoms with Crippen LogP contribution in [0, 0.1) is 17.3 Å². The van der Waals surface area contributed by atoms with Crippen LogP contribution < -0.4 is 5.32 Å². The molecule has 0 aromatic rings. The van der Waals surface area contributed by atoms with Crippen LogP contribution in [0.25, 0.3) is 0 Å². The minimum Gasteiger partial charge on any atom is -0.381 e. The smallest absolute Gasteiger partial charge is 0.0507 e. The van der Waals surface area contributed by atoms with Crippen molar-refractivity contribution in [1.29, 1.82) is 0 Å². The maximum atomic E-state index is 5.42. The molecule has 1 heterocycles. The summed E-state index contributed by atoms with van der Waals surface area (Å²) in [6, 6.07) is 0.619. The highest BCUT2D eigenvalue weighted by molar-refractivity contribution is 4.82. The van der Waals surface area contributed by atoms with Crippen LogP contribution in [0.3, 0.4) is 0 Å². The van der Waals surface area contributed by atoms with Crippen LogP contribution in [0.15, 0.2) is 0 Å². The fourth-order valence-corrected chi connectivity index (χ4v) is 2.27. The third-order valence-electron chi connectivity index (χ3n) is 3.43. The van der Waals surface area contributed by atoms with Crippen LogP contribution in [0.2, 0.25) is 0 Å². The molecule has 2 atom stereocenters. The highest BCUT2D eigenvalue weighted by atomic mass is 16.5. The van der Waals surface area contributed by atoms with E-state index in [1.165, 1.54) is 12.8 Å². The Morgan fingerprint density at radius 1 is 1.31 bits per heavy atom. The molecule has 0 amide bonds. The van der Waals surface area contributed by atoms with Crippen LogP contribution in [-0.4, -0.2) is 25.8 Å². The average Bonchev–Trinajstić information content (AvgIpc) is 2.62. The molecule has 2 heteroatoms. The number of hydrogen-bond acceptors (Lipinski definition) is 2. The van der Waals surface area contributed by atoms with E-state index in [1.54, 1.807) is 0 Å². The molecule has 1 saturated heterocycles. The first-order valence-corrected chi connectivity index (χ1v) is 6.70. The fourth-order valence-electron chi connectivity index (χ4n) is 2.27. The van der Waals surface area contributed by atoms with E-state index in [9.17, 15) is 0 Å². The van der Waals surface area contributed by atoms with Gasteiger partial charge in [0.25, 0.3) is 0 Å². The van der Waals surface area contributed by atoms with Crippen molar-refractivity contribution < 1.29 is 4.74 Å². The lowest BCUT2D eigenvalue weighted by Crippen LogP contribution is -2.43. The summed E-state index contributed by atoms with van der Waals surface area (Å²) < 4.78 is 5.42. The van der Waals surface area contributed by atoms with E-state index in [4.69, 9.17) is 4.74 Å².